The van der Waals surface area contributed by atoms with Crippen LogP contribution in [0.4, 0.5) is 0 Å². The van der Waals surface area contributed by atoms with Crippen molar-refractivity contribution in [3.63, 3.8) is 0 Å². The summed E-state index contributed by atoms with van der Waals surface area (Å²) in [7, 11) is 0. The molecule has 0 aromatic carbocycles. The van der Waals surface area contributed by atoms with Crippen LogP contribution in [0.5, 0.6) is 5.88 Å². The van der Waals surface area contributed by atoms with E-state index in [4.69, 9.17) is 9.84 Å². The van der Waals surface area contributed by atoms with Crippen LogP contribution in [0.3, 0.4) is 0 Å². The predicted octanol–water partition coefficient (Wildman–Crippen LogP) is 0.341. The van der Waals surface area contributed by atoms with E-state index < -0.39 is 0 Å². The number of hydrogen-bond donors (Lipinski definition) is 2. The first-order valence-electron chi connectivity index (χ1n) is 6.18. The van der Waals surface area contributed by atoms with E-state index >= 15 is 0 Å². The van der Waals surface area contributed by atoms with Gasteiger partial charge in [-0.25, -0.2) is 9.97 Å². The minimum absolute atomic E-state index is 0.152. The lowest BCUT2D eigenvalue weighted by molar-refractivity contribution is 0.212. The van der Waals surface area contributed by atoms with Gasteiger partial charge in [0.25, 0.3) is 0 Å². The molecule has 0 spiro atoms. The smallest absolute Gasteiger partial charge is 0.249 e. The van der Waals surface area contributed by atoms with Crippen molar-refractivity contribution in [1.82, 2.24) is 15.3 Å². The van der Waals surface area contributed by atoms with E-state index in [9.17, 15) is 0 Å². The number of aliphatic hydroxyl groups excluding tert-OH is 1. The van der Waals surface area contributed by atoms with Gasteiger partial charge in [-0.1, -0.05) is 5.92 Å². The average Bonchev–Trinajstić information content (AvgIpc) is 2.89. The highest BCUT2D eigenvalue weighted by Crippen LogP contribution is 2.14. The molecule has 0 aliphatic carbocycles. The monoisotopic (exact) mass is 247 g/mol. The Morgan fingerprint density at radius 2 is 2.33 bits per heavy atom. The molecule has 1 aromatic rings. The Bertz CT molecular complexity index is 433. The zero-order chi connectivity index (χ0) is 12.6. The fraction of sp³-hybridized carbons (Fsp3) is 0.538. The van der Waals surface area contributed by atoms with E-state index in [1.807, 2.05) is 0 Å². The summed E-state index contributed by atoms with van der Waals surface area (Å²) < 4.78 is 5.78. The first kappa shape index (κ1) is 12.8. The Morgan fingerprint density at radius 1 is 1.44 bits per heavy atom. The molecule has 1 aliphatic rings. The quantitative estimate of drug-likeness (QED) is 0.593. The second-order valence-corrected chi connectivity index (χ2v) is 4.07. The fourth-order valence-corrected chi connectivity index (χ4v) is 1.70. The SMILES string of the molecule is OCCCC#Cc1nccnc1OC1CCNC1. The van der Waals surface area contributed by atoms with Gasteiger partial charge in [-0.3, -0.25) is 0 Å². The van der Waals surface area contributed by atoms with Gasteiger partial charge >= 0.3 is 0 Å². The highest BCUT2D eigenvalue weighted by molar-refractivity contribution is 5.35. The van der Waals surface area contributed by atoms with Crippen LogP contribution in [0.2, 0.25) is 0 Å². The molecule has 0 saturated carbocycles. The van der Waals surface area contributed by atoms with E-state index in [1.165, 1.54) is 0 Å². The molecule has 0 radical (unpaired) electrons. The summed E-state index contributed by atoms with van der Waals surface area (Å²) in [4.78, 5) is 8.35. The minimum Gasteiger partial charge on any atom is -0.471 e. The third-order valence-electron chi connectivity index (χ3n) is 2.62. The van der Waals surface area contributed by atoms with Crippen molar-refractivity contribution in [3.8, 4) is 17.7 Å². The van der Waals surface area contributed by atoms with Gasteiger partial charge in [-0.2, -0.15) is 0 Å². The highest BCUT2D eigenvalue weighted by atomic mass is 16.5. The molecule has 0 bridgehead atoms. The standard InChI is InChI=1S/C13H17N3O2/c17-9-3-1-2-4-12-13(16-8-7-15-12)18-11-5-6-14-10-11/h7-8,11,14,17H,1,3,5-6,9-10H2. The summed E-state index contributed by atoms with van der Waals surface area (Å²) in [6.45, 7) is 1.97. The molecular formula is C13H17N3O2. The molecule has 2 heterocycles. The van der Waals surface area contributed by atoms with Gasteiger partial charge in [0.1, 0.15) is 6.10 Å². The summed E-state index contributed by atoms with van der Waals surface area (Å²) in [5, 5.41) is 11.9. The number of nitrogens with zero attached hydrogens (tertiary/aromatic N) is 2. The van der Waals surface area contributed by atoms with Gasteiger partial charge in [-0.05, 0) is 25.3 Å². The molecule has 1 atom stereocenters. The van der Waals surface area contributed by atoms with Crippen LogP contribution in [0, 0.1) is 11.8 Å². The van der Waals surface area contributed by atoms with Gasteiger partial charge in [0.2, 0.25) is 5.88 Å². The van der Waals surface area contributed by atoms with Crippen molar-refractivity contribution in [2.75, 3.05) is 19.7 Å². The summed E-state index contributed by atoms with van der Waals surface area (Å²) in [5.74, 6) is 6.40. The maximum absolute atomic E-state index is 8.68. The first-order chi connectivity index (χ1) is 8.90. The molecule has 5 nitrogen and oxygen atoms in total. The first-order valence-corrected chi connectivity index (χ1v) is 6.18. The molecule has 2 N–H and O–H groups in total. The molecule has 1 saturated heterocycles. The summed E-state index contributed by atoms with van der Waals surface area (Å²) in [6.07, 6.45) is 5.67. The van der Waals surface area contributed by atoms with Gasteiger partial charge in [0.05, 0.1) is 0 Å². The Morgan fingerprint density at radius 3 is 3.11 bits per heavy atom. The van der Waals surface area contributed by atoms with Crippen LogP contribution in [0.1, 0.15) is 25.0 Å². The maximum atomic E-state index is 8.68. The number of ether oxygens (including phenoxy) is 1. The van der Waals surface area contributed by atoms with Crippen molar-refractivity contribution < 1.29 is 9.84 Å². The normalized spacial score (nSPS) is 18.2. The summed E-state index contributed by atoms with van der Waals surface area (Å²) >= 11 is 0. The lowest BCUT2D eigenvalue weighted by Gasteiger charge is -2.11. The van der Waals surface area contributed by atoms with Gasteiger partial charge in [0.15, 0.2) is 5.69 Å². The van der Waals surface area contributed by atoms with Gasteiger partial charge in [-0.15, -0.1) is 0 Å². The lowest BCUT2D eigenvalue weighted by Crippen LogP contribution is -2.20. The third kappa shape index (κ3) is 3.69. The van der Waals surface area contributed by atoms with Crippen molar-refractivity contribution in [1.29, 1.82) is 0 Å². The number of aliphatic hydroxyl groups is 1. The second kappa shape index (κ2) is 6.94. The van der Waals surface area contributed by atoms with E-state index in [2.05, 4.69) is 27.1 Å². The lowest BCUT2D eigenvalue weighted by atomic mass is 10.3. The van der Waals surface area contributed by atoms with Crippen molar-refractivity contribution >= 4 is 0 Å². The highest BCUT2D eigenvalue weighted by Gasteiger charge is 2.18. The topological polar surface area (TPSA) is 67.3 Å². The molecule has 2 rings (SSSR count). The number of hydrogen-bond acceptors (Lipinski definition) is 5. The Labute approximate surface area is 107 Å². The Kier molecular flexibility index (Phi) is 4.94. The van der Waals surface area contributed by atoms with E-state index in [1.54, 1.807) is 12.4 Å². The number of rotatable bonds is 4. The predicted molar refractivity (Wildman–Crippen MR) is 67.1 cm³/mol. The number of nitrogens with one attached hydrogen (secondary N) is 1. The molecule has 1 aromatic heterocycles. The molecule has 96 valence electrons. The minimum atomic E-state index is 0.152. The van der Waals surface area contributed by atoms with Crippen LogP contribution in [0.15, 0.2) is 12.4 Å². The molecular weight excluding hydrogens is 230 g/mol. The van der Waals surface area contributed by atoms with Crippen LogP contribution >= 0.6 is 0 Å². The largest absolute Gasteiger partial charge is 0.471 e. The van der Waals surface area contributed by atoms with E-state index in [0.717, 1.165) is 19.5 Å². The van der Waals surface area contributed by atoms with E-state index in [0.29, 0.717) is 24.4 Å². The zero-order valence-corrected chi connectivity index (χ0v) is 10.2. The number of aromatic nitrogens is 2. The molecule has 1 aliphatic heterocycles. The van der Waals surface area contributed by atoms with Crippen molar-refractivity contribution in [2.24, 2.45) is 0 Å². The fourth-order valence-electron chi connectivity index (χ4n) is 1.70. The second-order valence-electron chi connectivity index (χ2n) is 4.07. The van der Waals surface area contributed by atoms with Crippen molar-refractivity contribution in [3.05, 3.63) is 18.1 Å². The summed E-state index contributed by atoms with van der Waals surface area (Å²) in [5.41, 5.74) is 0.572. The molecule has 1 unspecified atom stereocenters. The Hall–Kier alpha value is -1.64. The number of unbranched alkanes of at least 4 members (excludes halogenated alkanes) is 1. The summed E-state index contributed by atoms with van der Waals surface area (Å²) in [6, 6.07) is 0. The molecule has 0 amide bonds. The van der Waals surface area contributed by atoms with Gasteiger partial charge < -0.3 is 15.2 Å². The Balaban J connectivity index is 2.01. The average molecular weight is 247 g/mol. The zero-order valence-electron chi connectivity index (χ0n) is 10.2. The maximum Gasteiger partial charge on any atom is 0.249 e. The van der Waals surface area contributed by atoms with Crippen LogP contribution in [0.25, 0.3) is 0 Å². The molecule has 18 heavy (non-hydrogen) atoms. The molecule has 5 heteroatoms. The van der Waals surface area contributed by atoms with Gasteiger partial charge in [0, 0.05) is 32.0 Å². The van der Waals surface area contributed by atoms with Crippen LogP contribution < -0.4 is 10.1 Å². The van der Waals surface area contributed by atoms with E-state index in [-0.39, 0.29) is 12.7 Å². The van der Waals surface area contributed by atoms with Crippen molar-refractivity contribution in [2.45, 2.75) is 25.4 Å². The van der Waals surface area contributed by atoms with Crippen LogP contribution in [-0.2, 0) is 0 Å². The third-order valence-corrected chi connectivity index (χ3v) is 2.62. The van der Waals surface area contributed by atoms with Crippen LogP contribution in [-0.4, -0.2) is 40.9 Å². The molecule has 1 fully saturated rings.